The molecule has 0 saturated heterocycles. The summed E-state index contributed by atoms with van der Waals surface area (Å²) in [6, 6.07) is 3.12. The van der Waals surface area contributed by atoms with Crippen LogP contribution >= 0.6 is 11.3 Å². The molecule has 1 N–H and O–H groups in total. The van der Waals surface area contributed by atoms with Gasteiger partial charge < -0.3 is 10.1 Å². The predicted octanol–water partition coefficient (Wildman–Crippen LogP) is 4.29. The van der Waals surface area contributed by atoms with E-state index in [0.29, 0.717) is 34.9 Å². The third-order valence-electron chi connectivity index (χ3n) is 4.15. The molecule has 25 heavy (non-hydrogen) atoms. The smallest absolute Gasteiger partial charge is 0.338 e. The van der Waals surface area contributed by atoms with Crippen LogP contribution in [0.1, 0.15) is 41.7 Å². The molecule has 2 aromatic heterocycles. The van der Waals surface area contributed by atoms with Crippen LogP contribution in [-0.4, -0.2) is 35.0 Å². The van der Waals surface area contributed by atoms with Gasteiger partial charge in [-0.2, -0.15) is 0 Å². The molecule has 1 aliphatic rings. The van der Waals surface area contributed by atoms with Crippen LogP contribution in [0.3, 0.4) is 0 Å². The van der Waals surface area contributed by atoms with E-state index in [-0.39, 0.29) is 18.9 Å². The van der Waals surface area contributed by atoms with Crippen LogP contribution in [0.2, 0.25) is 0 Å². The fourth-order valence-corrected chi connectivity index (χ4v) is 3.57. The maximum absolute atomic E-state index is 13.3. The van der Waals surface area contributed by atoms with Gasteiger partial charge >= 0.3 is 5.97 Å². The summed E-state index contributed by atoms with van der Waals surface area (Å²) in [4.78, 5) is 20.8. The number of aromatic nitrogens is 2. The Hall–Kier alpha value is -2.09. The van der Waals surface area contributed by atoms with Crippen LogP contribution in [0.25, 0.3) is 10.7 Å². The Bertz CT molecular complexity index is 769. The topological polar surface area (TPSA) is 64.1 Å². The molecule has 2 aromatic rings. The number of methoxy groups -OCH3 is 1. The lowest BCUT2D eigenvalue weighted by Gasteiger charge is -2.29. The van der Waals surface area contributed by atoms with Crippen molar-refractivity contribution in [1.29, 1.82) is 0 Å². The van der Waals surface area contributed by atoms with Gasteiger partial charge in [0.15, 0.2) is 0 Å². The first-order valence-corrected chi connectivity index (χ1v) is 8.91. The zero-order valence-corrected chi connectivity index (χ0v) is 14.8. The molecule has 0 atom stereocenters. The number of nitrogens with zero attached hydrogens (tertiary/aromatic N) is 2. The lowest BCUT2D eigenvalue weighted by Crippen LogP contribution is -2.32. The van der Waals surface area contributed by atoms with Gasteiger partial charge in [0.25, 0.3) is 0 Å². The van der Waals surface area contributed by atoms with Gasteiger partial charge in [-0.1, -0.05) is 0 Å². The standard InChI is InChI=1S/C17H19F2N3O2S/c1-10-9-25-15(20-10)13-7-11(16(23)24-2)8-14(22-13)21-12-3-5-17(18,19)6-4-12/h7-9,12H,3-6H2,1-2H3,(H,21,22). The van der Waals surface area contributed by atoms with Crippen LogP contribution in [-0.2, 0) is 4.74 Å². The average molecular weight is 367 g/mol. The van der Waals surface area contributed by atoms with Crippen molar-refractivity contribution in [1.82, 2.24) is 9.97 Å². The maximum atomic E-state index is 13.3. The van der Waals surface area contributed by atoms with Crippen molar-refractivity contribution in [2.24, 2.45) is 0 Å². The number of halogens is 2. The van der Waals surface area contributed by atoms with E-state index >= 15 is 0 Å². The average Bonchev–Trinajstić information content (AvgIpc) is 3.02. The number of thiazole rings is 1. The first-order valence-electron chi connectivity index (χ1n) is 8.03. The number of esters is 1. The van der Waals surface area contributed by atoms with Crippen molar-refractivity contribution in [3.8, 4) is 10.7 Å². The third-order valence-corrected chi connectivity index (χ3v) is 5.14. The number of ether oxygens (including phenoxy) is 1. The third kappa shape index (κ3) is 4.31. The van der Waals surface area contributed by atoms with Gasteiger partial charge in [-0.15, -0.1) is 11.3 Å². The summed E-state index contributed by atoms with van der Waals surface area (Å²) >= 11 is 1.43. The molecule has 0 aromatic carbocycles. The summed E-state index contributed by atoms with van der Waals surface area (Å²) in [6.45, 7) is 1.88. The summed E-state index contributed by atoms with van der Waals surface area (Å²) in [5.74, 6) is -2.58. The summed E-state index contributed by atoms with van der Waals surface area (Å²) in [7, 11) is 1.31. The highest BCUT2D eigenvalue weighted by Crippen LogP contribution is 2.34. The zero-order valence-electron chi connectivity index (χ0n) is 14.0. The first kappa shape index (κ1) is 17.7. The maximum Gasteiger partial charge on any atom is 0.338 e. The fourth-order valence-electron chi connectivity index (χ4n) is 2.82. The Kier molecular flexibility index (Phi) is 4.99. The van der Waals surface area contributed by atoms with Gasteiger partial charge in [0.2, 0.25) is 5.92 Å². The highest BCUT2D eigenvalue weighted by atomic mass is 32.1. The molecule has 1 fully saturated rings. The predicted molar refractivity (Wildman–Crippen MR) is 92.2 cm³/mol. The molecule has 0 aliphatic heterocycles. The summed E-state index contributed by atoms with van der Waals surface area (Å²) in [5, 5.41) is 5.78. The summed E-state index contributed by atoms with van der Waals surface area (Å²) in [5.41, 5.74) is 1.78. The van der Waals surface area contributed by atoms with Crippen LogP contribution in [0.15, 0.2) is 17.5 Å². The number of nitrogens with one attached hydrogen (secondary N) is 1. The van der Waals surface area contributed by atoms with E-state index in [1.807, 2.05) is 12.3 Å². The highest BCUT2D eigenvalue weighted by Gasteiger charge is 2.35. The number of hydrogen-bond donors (Lipinski definition) is 1. The molecule has 0 radical (unpaired) electrons. The number of pyridine rings is 1. The van der Waals surface area contributed by atoms with E-state index in [0.717, 1.165) is 5.69 Å². The number of aryl methyl sites for hydroxylation is 1. The minimum Gasteiger partial charge on any atom is -0.465 e. The Balaban J connectivity index is 1.86. The van der Waals surface area contributed by atoms with Gasteiger partial charge in [0.1, 0.15) is 16.5 Å². The van der Waals surface area contributed by atoms with Crippen molar-refractivity contribution >= 4 is 23.1 Å². The molecule has 5 nitrogen and oxygen atoms in total. The van der Waals surface area contributed by atoms with Crippen molar-refractivity contribution in [2.75, 3.05) is 12.4 Å². The number of hydrogen-bond acceptors (Lipinski definition) is 6. The van der Waals surface area contributed by atoms with Crippen molar-refractivity contribution in [2.45, 2.75) is 44.6 Å². The Labute approximate surface area is 148 Å². The summed E-state index contributed by atoms with van der Waals surface area (Å²) in [6.07, 6.45) is 0.450. The van der Waals surface area contributed by atoms with E-state index < -0.39 is 11.9 Å². The number of alkyl halides is 2. The summed E-state index contributed by atoms with van der Waals surface area (Å²) < 4.78 is 31.4. The Morgan fingerprint density at radius 1 is 1.32 bits per heavy atom. The molecular formula is C17H19F2N3O2S. The van der Waals surface area contributed by atoms with Crippen LogP contribution in [0.4, 0.5) is 14.6 Å². The van der Waals surface area contributed by atoms with E-state index in [1.54, 1.807) is 12.1 Å². The molecule has 0 bridgehead atoms. The van der Waals surface area contributed by atoms with Crippen molar-refractivity contribution in [3.63, 3.8) is 0 Å². The van der Waals surface area contributed by atoms with Crippen molar-refractivity contribution < 1.29 is 18.3 Å². The second-order valence-electron chi connectivity index (χ2n) is 6.19. The number of carbonyl (C=O) groups is 1. The van der Waals surface area contributed by atoms with Crippen molar-refractivity contribution in [3.05, 3.63) is 28.8 Å². The van der Waals surface area contributed by atoms with Gasteiger partial charge in [0, 0.05) is 30.0 Å². The van der Waals surface area contributed by atoms with E-state index in [1.165, 1.54) is 18.4 Å². The van der Waals surface area contributed by atoms with Gasteiger partial charge in [-0.25, -0.2) is 23.5 Å². The van der Waals surface area contributed by atoms with Crippen LogP contribution < -0.4 is 5.32 Å². The Morgan fingerprint density at radius 3 is 2.64 bits per heavy atom. The molecule has 2 heterocycles. The number of anilines is 1. The minimum absolute atomic E-state index is 0.0918. The Morgan fingerprint density at radius 2 is 2.04 bits per heavy atom. The monoisotopic (exact) mass is 367 g/mol. The van der Waals surface area contributed by atoms with E-state index in [9.17, 15) is 13.6 Å². The molecule has 1 aliphatic carbocycles. The lowest BCUT2D eigenvalue weighted by atomic mass is 9.92. The molecule has 0 spiro atoms. The molecule has 8 heteroatoms. The quantitative estimate of drug-likeness (QED) is 0.817. The van der Waals surface area contributed by atoms with Crippen LogP contribution in [0.5, 0.6) is 0 Å². The molecule has 0 unspecified atom stereocenters. The van der Waals surface area contributed by atoms with E-state index in [2.05, 4.69) is 15.3 Å². The molecule has 1 saturated carbocycles. The van der Waals surface area contributed by atoms with Gasteiger partial charge in [0.05, 0.1) is 12.7 Å². The molecule has 3 rings (SSSR count). The second kappa shape index (κ2) is 7.03. The lowest BCUT2D eigenvalue weighted by molar-refractivity contribution is -0.0361. The number of carbonyl (C=O) groups excluding carboxylic acids is 1. The SMILES string of the molecule is COC(=O)c1cc(NC2CCC(F)(F)CC2)nc(-c2nc(C)cs2)c1. The number of rotatable bonds is 4. The molecule has 0 amide bonds. The fraction of sp³-hybridized carbons (Fsp3) is 0.471. The van der Waals surface area contributed by atoms with Gasteiger partial charge in [-0.05, 0) is 31.9 Å². The zero-order chi connectivity index (χ0) is 18.0. The largest absolute Gasteiger partial charge is 0.465 e. The minimum atomic E-state index is -2.58. The molecule has 134 valence electrons. The normalized spacial score (nSPS) is 17.3. The van der Waals surface area contributed by atoms with Crippen LogP contribution in [0, 0.1) is 6.92 Å². The van der Waals surface area contributed by atoms with Gasteiger partial charge in [-0.3, -0.25) is 0 Å². The highest BCUT2D eigenvalue weighted by molar-refractivity contribution is 7.13. The molecular weight excluding hydrogens is 348 g/mol. The van der Waals surface area contributed by atoms with E-state index in [4.69, 9.17) is 4.74 Å². The first-order chi connectivity index (χ1) is 11.9. The second-order valence-corrected chi connectivity index (χ2v) is 7.04.